The van der Waals surface area contributed by atoms with Gasteiger partial charge in [-0.05, 0) is 25.0 Å². The van der Waals surface area contributed by atoms with Crippen LogP contribution in [0.25, 0.3) is 0 Å². The van der Waals surface area contributed by atoms with E-state index in [0.717, 1.165) is 37.4 Å². The number of hydrogen-bond donors (Lipinski definition) is 0. The lowest BCUT2D eigenvalue weighted by Crippen LogP contribution is -2.33. The minimum absolute atomic E-state index is 0.461. The molecule has 1 saturated heterocycles. The van der Waals surface area contributed by atoms with Crippen molar-refractivity contribution in [2.75, 3.05) is 18.0 Å². The largest absolute Gasteiger partial charge is 0.370 e. The minimum atomic E-state index is 0.461. The molecule has 0 radical (unpaired) electrons. The maximum absolute atomic E-state index is 8.76. The van der Waals surface area contributed by atoms with E-state index in [4.69, 9.17) is 5.26 Å². The van der Waals surface area contributed by atoms with Crippen LogP contribution in [0.2, 0.25) is 0 Å². The Morgan fingerprint density at radius 2 is 2.10 bits per heavy atom. The van der Waals surface area contributed by atoms with Crippen LogP contribution < -0.4 is 4.90 Å². The van der Waals surface area contributed by atoms with E-state index in [1.54, 1.807) is 18.6 Å². The fraction of sp³-hybridized carbons (Fsp3) is 0.429. The van der Waals surface area contributed by atoms with Crippen molar-refractivity contribution in [1.82, 2.24) is 19.7 Å². The molecule has 102 valence electrons. The first kappa shape index (κ1) is 12.6. The molecule has 0 bridgehead atoms. The van der Waals surface area contributed by atoms with Crippen LogP contribution in [0, 0.1) is 11.3 Å². The van der Waals surface area contributed by atoms with Gasteiger partial charge in [0.2, 0.25) is 0 Å². The maximum Gasteiger partial charge on any atom is 0.140 e. The van der Waals surface area contributed by atoms with E-state index < -0.39 is 0 Å². The number of aryl methyl sites for hydroxylation is 1. The topological polar surface area (TPSA) is 70.6 Å². The van der Waals surface area contributed by atoms with Crippen molar-refractivity contribution in [1.29, 1.82) is 5.26 Å². The summed E-state index contributed by atoms with van der Waals surface area (Å²) < 4.78 is 2.00. The van der Waals surface area contributed by atoms with Crippen molar-refractivity contribution in [2.24, 2.45) is 7.05 Å². The van der Waals surface area contributed by atoms with Crippen molar-refractivity contribution in [3.8, 4) is 6.07 Å². The maximum atomic E-state index is 8.76. The second kappa shape index (κ2) is 5.29. The fourth-order valence-electron chi connectivity index (χ4n) is 2.70. The van der Waals surface area contributed by atoms with Crippen molar-refractivity contribution in [3.63, 3.8) is 0 Å². The molecule has 0 aromatic carbocycles. The predicted octanol–water partition coefficient (Wildman–Crippen LogP) is 1.47. The number of nitriles is 1. The Labute approximate surface area is 117 Å². The van der Waals surface area contributed by atoms with Crippen molar-refractivity contribution in [2.45, 2.75) is 18.8 Å². The Bertz CT molecular complexity index is 616. The number of pyridine rings is 1. The van der Waals surface area contributed by atoms with Crippen LogP contribution in [0.4, 0.5) is 5.69 Å². The molecule has 0 spiro atoms. The van der Waals surface area contributed by atoms with Gasteiger partial charge in [0.15, 0.2) is 0 Å². The van der Waals surface area contributed by atoms with Crippen LogP contribution in [-0.2, 0) is 7.05 Å². The lowest BCUT2D eigenvalue weighted by Gasteiger charge is -2.32. The average Bonchev–Trinajstić information content (AvgIpc) is 2.94. The molecule has 3 rings (SSSR count). The third-order valence-electron chi connectivity index (χ3n) is 3.83. The summed E-state index contributed by atoms with van der Waals surface area (Å²) in [5.41, 5.74) is 1.54. The zero-order valence-corrected chi connectivity index (χ0v) is 11.4. The number of anilines is 1. The van der Waals surface area contributed by atoms with E-state index in [1.165, 1.54) is 0 Å². The SMILES string of the molecule is Cn1cnnc1C1CCN(c2ccc(C#N)nc2)CC1. The third-order valence-corrected chi connectivity index (χ3v) is 3.83. The number of hydrogen-bond acceptors (Lipinski definition) is 5. The molecule has 2 aromatic rings. The number of piperidine rings is 1. The summed E-state index contributed by atoms with van der Waals surface area (Å²) in [6, 6.07) is 5.78. The summed E-state index contributed by atoms with van der Waals surface area (Å²) in [6.07, 6.45) is 5.66. The van der Waals surface area contributed by atoms with Crippen LogP contribution in [0.15, 0.2) is 24.7 Å². The molecule has 6 nitrogen and oxygen atoms in total. The Balaban J connectivity index is 1.66. The molecule has 0 aliphatic carbocycles. The molecule has 1 fully saturated rings. The highest BCUT2D eigenvalue weighted by molar-refractivity contribution is 5.46. The Morgan fingerprint density at radius 1 is 1.30 bits per heavy atom. The second-order valence-electron chi connectivity index (χ2n) is 5.07. The van der Waals surface area contributed by atoms with Crippen LogP contribution in [0.1, 0.15) is 30.3 Å². The standard InChI is InChI=1S/C14H16N6/c1-19-10-17-18-14(19)11-4-6-20(7-5-11)13-3-2-12(8-15)16-9-13/h2-3,9-11H,4-7H2,1H3. The smallest absolute Gasteiger partial charge is 0.140 e. The van der Waals surface area contributed by atoms with Gasteiger partial charge in [-0.1, -0.05) is 0 Å². The Kier molecular flexibility index (Phi) is 3.33. The van der Waals surface area contributed by atoms with E-state index in [9.17, 15) is 0 Å². The van der Waals surface area contributed by atoms with E-state index in [0.29, 0.717) is 11.6 Å². The Morgan fingerprint density at radius 3 is 2.65 bits per heavy atom. The number of rotatable bonds is 2. The highest BCUT2D eigenvalue weighted by Crippen LogP contribution is 2.28. The van der Waals surface area contributed by atoms with Crippen LogP contribution in [0.5, 0.6) is 0 Å². The number of aromatic nitrogens is 4. The molecule has 2 aromatic heterocycles. The number of nitrogens with zero attached hydrogens (tertiary/aromatic N) is 6. The molecule has 0 atom stereocenters. The van der Waals surface area contributed by atoms with Crippen LogP contribution >= 0.6 is 0 Å². The van der Waals surface area contributed by atoms with Gasteiger partial charge in [0, 0.05) is 26.1 Å². The van der Waals surface area contributed by atoms with Crippen LogP contribution in [-0.4, -0.2) is 32.8 Å². The van der Waals surface area contributed by atoms with Gasteiger partial charge in [-0.15, -0.1) is 10.2 Å². The van der Waals surface area contributed by atoms with Gasteiger partial charge in [-0.25, -0.2) is 4.98 Å². The molecular formula is C14H16N6. The van der Waals surface area contributed by atoms with Crippen molar-refractivity contribution >= 4 is 5.69 Å². The minimum Gasteiger partial charge on any atom is -0.370 e. The molecule has 3 heterocycles. The third kappa shape index (κ3) is 2.35. The van der Waals surface area contributed by atoms with E-state index in [2.05, 4.69) is 20.1 Å². The Hall–Kier alpha value is -2.42. The quantitative estimate of drug-likeness (QED) is 0.824. The molecule has 20 heavy (non-hydrogen) atoms. The zero-order chi connectivity index (χ0) is 13.9. The van der Waals surface area contributed by atoms with Gasteiger partial charge in [0.25, 0.3) is 0 Å². The molecule has 1 aliphatic heterocycles. The predicted molar refractivity (Wildman–Crippen MR) is 74.1 cm³/mol. The average molecular weight is 268 g/mol. The monoisotopic (exact) mass is 268 g/mol. The fourth-order valence-corrected chi connectivity index (χ4v) is 2.70. The first-order valence-corrected chi connectivity index (χ1v) is 6.73. The molecule has 0 saturated carbocycles. The molecule has 0 unspecified atom stereocenters. The van der Waals surface area contributed by atoms with Gasteiger partial charge in [-0.3, -0.25) is 0 Å². The molecular weight excluding hydrogens is 252 g/mol. The lowest BCUT2D eigenvalue weighted by molar-refractivity contribution is 0.474. The van der Waals surface area contributed by atoms with E-state index in [-0.39, 0.29) is 0 Å². The first-order valence-electron chi connectivity index (χ1n) is 6.73. The summed E-state index contributed by atoms with van der Waals surface area (Å²) >= 11 is 0. The lowest BCUT2D eigenvalue weighted by atomic mass is 9.95. The summed E-state index contributed by atoms with van der Waals surface area (Å²) in [4.78, 5) is 6.43. The van der Waals surface area contributed by atoms with Crippen molar-refractivity contribution < 1.29 is 0 Å². The van der Waals surface area contributed by atoms with Gasteiger partial charge in [0.1, 0.15) is 23.9 Å². The summed E-state index contributed by atoms with van der Waals surface area (Å²) in [5, 5.41) is 16.9. The molecule has 0 amide bonds. The normalized spacial score (nSPS) is 16.1. The van der Waals surface area contributed by atoms with Gasteiger partial charge in [-0.2, -0.15) is 5.26 Å². The van der Waals surface area contributed by atoms with Gasteiger partial charge < -0.3 is 9.47 Å². The van der Waals surface area contributed by atoms with Crippen LogP contribution in [0.3, 0.4) is 0 Å². The van der Waals surface area contributed by atoms with E-state index in [1.807, 2.05) is 23.8 Å². The molecule has 1 aliphatic rings. The van der Waals surface area contributed by atoms with Gasteiger partial charge >= 0.3 is 0 Å². The molecule has 0 N–H and O–H groups in total. The summed E-state index contributed by atoms with van der Waals surface area (Å²) in [6.45, 7) is 1.95. The van der Waals surface area contributed by atoms with Crippen molar-refractivity contribution in [3.05, 3.63) is 36.2 Å². The highest BCUT2D eigenvalue weighted by atomic mass is 15.3. The second-order valence-corrected chi connectivity index (χ2v) is 5.07. The summed E-state index contributed by atoms with van der Waals surface area (Å²) in [7, 11) is 1.99. The van der Waals surface area contributed by atoms with Gasteiger partial charge in [0.05, 0.1) is 11.9 Å². The zero-order valence-electron chi connectivity index (χ0n) is 11.4. The van der Waals surface area contributed by atoms with E-state index >= 15 is 0 Å². The summed E-state index contributed by atoms with van der Waals surface area (Å²) in [5.74, 6) is 1.55. The molecule has 6 heteroatoms. The highest BCUT2D eigenvalue weighted by Gasteiger charge is 2.24. The first-order chi connectivity index (χ1) is 9.78.